The normalized spacial score (nSPS) is 17.1. The van der Waals surface area contributed by atoms with Crippen molar-refractivity contribution in [1.82, 2.24) is 19.8 Å². The van der Waals surface area contributed by atoms with Gasteiger partial charge in [-0.25, -0.2) is 4.98 Å². The molecule has 0 atom stereocenters. The van der Waals surface area contributed by atoms with E-state index in [1.807, 2.05) is 12.1 Å². The smallest absolute Gasteiger partial charge is 0.247 e. The molecule has 0 unspecified atom stereocenters. The molecule has 0 aliphatic carbocycles. The van der Waals surface area contributed by atoms with E-state index in [2.05, 4.69) is 63.0 Å². The number of carbonyl (C=O) groups is 1. The monoisotopic (exact) mass is 481 g/mol. The summed E-state index contributed by atoms with van der Waals surface area (Å²) in [5.41, 5.74) is 2.22. The summed E-state index contributed by atoms with van der Waals surface area (Å²) in [6.45, 7) is 7.11. The molecule has 0 radical (unpaired) electrons. The fourth-order valence-corrected chi connectivity index (χ4v) is 4.48. The molecule has 2 aliphatic heterocycles. The molecule has 2 aromatic rings. The van der Waals surface area contributed by atoms with Gasteiger partial charge in [0.15, 0.2) is 0 Å². The SMILES string of the molecule is C=CC(=O)Nc1cc(Nc2nccc(OC3CN(C)C3)n2)c(OC)cc1N1CCC(N(C)C)CC1. The number of ether oxygens (including phenoxy) is 2. The third kappa shape index (κ3) is 6.01. The van der Waals surface area contributed by atoms with E-state index in [9.17, 15) is 4.79 Å². The van der Waals surface area contributed by atoms with Gasteiger partial charge in [-0.3, -0.25) is 9.69 Å². The van der Waals surface area contributed by atoms with Crippen LogP contribution in [0.4, 0.5) is 23.0 Å². The molecule has 2 fully saturated rings. The molecule has 10 heteroatoms. The fraction of sp³-hybridized carbons (Fsp3) is 0.480. The van der Waals surface area contributed by atoms with Gasteiger partial charge in [-0.05, 0) is 46.1 Å². The van der Waals surface area contributed by atoms with Crippen molar-refractivity contribution < 1.29 is 14.3 Å². The van der Waals surface area contributed by atoms with E-state index < -0.39 is 0 Å². The number of hydrogen-bond donors (Lipinski definition) is 2. The summed E-state index contributed by atoms with van der Waals surface area (Å²) in [7, 11) is 7.91. The molecular weight excluding hydrogens is 446 g/mol. The van der Waals surface area contributed by atoms with Crippen LogP contribution in [0.5, 0.6) is 11.6 Å². The molecule has 2 aliphatic rings. The maximum atomic E-state index is 12.2. The second kappa shape index (κ2) is 10.9. The molecule has 0 bridgehead atoms. The third-order valence-electron chi connectivity index (χ3n) is 6.49. The van der Waals surface area contributed by atoms with Gasteiger partial charge < -0.3 is 29.9 Å². The average molecular weight is 482 g/mol. The number of amides is 1. The van der Waals surface area contributed by atoms with Crippen LogP contribution in [0, 0.1) is 0 Å². The summed E-state index contributed by atoms with van der Waals surface area (Å²) < 4.78 is 11.6. The third-order valence-corrected chi connectivity index (χ3v) is 6.49. The Labute approximate surface area is 206 Å². The van der Waals surface area contributed by atoms with Gasteiger partial charge in [0.2, 0.25) is 17.7 Å². The number of likely N-dealkylation sites (tertiary alicyclic amines) is 1. The van der Waals surface area contributed by atoms with Crippen LogP contribution in [0.2, 0.25) is 0 Å². The molecular formula is C25H35N7O3. The maximum Gasteiger partial charge on any atom is 0.247 e. The molecule has 188 valence electrons. The first-order chi connectivity index (χ1) is 16.9. The summed E-state index contributed by atoms with van der Waals surface area (Å²) in [6.07, 6.45) is 5.14. The van der Waals surface area contributed by atoms with E-state index in [1.54, 1.807) is 19.4 Å². The number of nitrogens with zero attached hydrogens (tertiary/aromatic N) is 5. The van der Waals surface area contributed by atoms with Crippen LogP contribution in [-0.2, 0) is 4.79 Å². The molecule has 0 saturated carbocycles. The predicted octanol–water partition coefficient (Wildman–Crippen LogP) is 2.58. The van der Waals surface area contributed by atoms with Crippen LogP contribution in [0.15, 0.2) is 37.1 Å². The summed E-state index contributed by atoms with van der Waals surface area (Å²) in [5.74, 6) is 1.25. The van der Waals surface area contributed by atoms with Gasteiger partial charge in [0, 0.05) is 50.6 Å². The quantitative estimate of drug-likeness (QED) is 0.524. The lowest BCUT2D eigenvalue weighted by Gasteiger charge is -2.37. The van der Waals surface area contributed by atoms with Gasteiger partial charge >= 0.3 is 0 Å². The number of nitrogens with one attached hydrogen (secondary N) is 2. The van der Waals surface area contributed by atoms with Crippen molar-refractivity contribution in [2.45, 2.75) is 25.0 Å². The zero-order valence-corrected chi connectivity index (χ0v) is 21.0. The van der Waals surface area contributed by atoms with Gasteiger partial charge in [-0.2, -0.15) is 4.98 Å². The highest BCUT2D eigenvalue weighted by molar-refractivity contribution is 6.02. The number of likely N-dealkylation sites (N-methyl/N-ethyl adjacent to an activating group) is 1. The van der Waals surface area contributed by atoms with Crippen molar-refractivity contribution in [3.63, 3.8) is 0 Å². The van der Waals surface area contributed by atoms with E-state index in [-0.39, 0.29) is 12.0 Å². The highest BCUT2D eigenvalue weighted by Gasteiger charge is 2.26. The van der Waals surface area contributed by atoms with Gasteiger partial charge in [-0.15, -0.1) is 0 Å². The van der Waals surface area contributed by atoms with Crippen LogP contribution in [0.3, 0.4) is 0 Å². The van der Waals surface area contributed by atoms with Crippen molar-refractivity contribution in [3.8, 4) is 11.6 Å². The summed E-state index contributed by atoms with van der Waals surface area (Å²) >= 11 is 0. The first kappa shape index (κ1) is 24.7. The summed E-state index contributed by atoms with van der Waals surface area (Å²) in [4.78, 5) is 27.8. The van der Waals surface area contributed by atoms with Crippen molar-refractivity contribution in [2.75, 3.05) is 70.0 Å². The minimum absolute atomic E-state index is 0.133. The van der Waals surface area contributed by atoms with Crippen molar-refractivity contribution in [3.05, 3.63) is 37.1 Å². The van der Waals surface area contributed by atoms with Crippen molar-refractivity contribution >= 4 is 28.9 Å². The number of hydrogen-bond acceptors (Lipinski definition) is 9. The Morgan fingerprint density at radius 2 is 1.97 bits per heavy atom. The second-order valence-electron chi connectivity index (χ2n) is 9.25. The Kier molecular flexibility index (Phi) is 7.72. The minimum atomic E-state index is -0.275. The molecule has 1 aromatic carbocycles. The zero-order chi connectivity index (χ0) is 24.9. The van der Waals surface area contributed by atoms with Crippen molar-refractivity contribution in [1.29, 1.82) is 0 Å². The Bertz CT molecular complexity index is 1050. The topological polar surface area (TPSA) is 95.1 Å². The van der Waals surface area contributed by atoms with Gasteiger partial charge in [0.1, 0.15) is 11.9 Å². The number of aromatic nitrogens is 2. The predicted molar refractivity (Wildman–Crippen MR) is 138 cm³/mol. The Morgan fingerprint density at radius 1 is 1.23 bits per heavy atom. The molecule has 0 spiro atoms. The Morgan fingerprint density at radius 3 is 2.60 bits per heavy atom. The number of carbonyl (C=O) groups excluding carboxylic acids is 1. The second-order valence-corrected chi connectivity index (χ2v) is 9.25. The Hall–Kier alpha value is -3.37. The molecule has 4 rings (SSSR count). The molecule has 2 N–H and O–H groups in total. The number of benzene rings is 1. The van der Waals surface area contributed by atoms with Crippen molar-refractivity contribution in [2.24, 2.45) is 0 Å². The first-order valence-corrected chi connectivity index (χ1v) is 11.9. The summed E-state index contributed by atoms with van der Waals surface area (Å²) in [6, 6.07) is 6.09. The van der Waals surface area contributed by atoms with Gasteiger partial charge in [0.25, 0.3) is 0 Å². The molecule has 10 nitrogen and oxygen atoms in total. The van der Waals surface area contributed by atoms with Gasteiger partial charge in [-0.1, -0.05) is 6.58 Å². The fourth-order valence-electron chi connectivity index (χ4n) is 4.48. The zero-order valence-electron chi connectivity index (χ0n) is 21.0. The van der Waals surface area contributed by atoms with Crippen LogP contribution < -0.4 is 25.0 Å². The lowest BCUT2D eigenvalue weighted by Crippen LogP contribution is -2.51. The highest BCUT2D eigenvalue weighted by atomic mass is 16.5. The van der Waals surface area contributed by atoms with E-state index >= 15 is 0 Å². The van der Waals surface area contributed by atoms with Crippen LogP contribution in [0.1, 0.15) is 12.8 Å². The van der Waals surface area contributed by atoms with E-state index in [4.69, 9.17) is 9.47 Å². The van der Waals surface area contributed by atoms with Crippen LogP contribution in [-0.4, -0.2) is 92.3 Å². The van der Waals surface area contributed by atoms with E-state index in [1.165, 1.54) is 6.08 Å². The van der Waals surface area contributed by atoms with Crippen LogP contribution >= 0.6 is 0 Å². The minimum Gasteiger partial charge on any atom is -0.494 e. The number of rotatable bonds is 9. The Balaban J connectivity index is 1.58. The molecule has 1 aromatic heterocycles. The van der Waals surface area contributed by atoms with Gasteiger partial charge in [0.05, 0.1) is 24.2 Å². The lowest BCUT2D eigenvalue weighted by atomic mass is 10.0. The van der Waals surface area contributed by atoms with Crippen LogP contribution in [0.25, 0.3) is 0 Å². The molecule has 1 amide bonds. The summed E-state index contributed by atoms with van der Waals surface area (Å²) in [5, 5.41) is 6.18. The molecule has 2 saturated heterocycles. The lowest BCUT2D eigenvalue weighted by molar-refractivity contribution is -0.111. The number of piperidine rings is 1. The van der Waals surface area contributed by atoms with E-state index in [0.717, 1.165) is 44.7 Å². The van der Waals surface area contributed by atoms with E-state index in [0.29, 0.717) is 35.0 Å². The highest BCUT2D eigenvalue weighted by Crippen LogP contribution is 2.39. The largest absolute Gasteiger partial charge is 0.494 e. The first-order valence-electron chi connectivity index (χ1n) is 11.9. The number of anilines is 4. The molecule has 3 heterocycles. The standard InChI is InChI=1S/C25H35N7O3/c1-6-23(33)27-19-13-20(28-25-26-10-7-24(29-25)35-18-15-31(4)16-18)22(34-5)14-21(19)32-11-8-17(9-12-32)30(2)3/h6-7,10,13-14,17-18H,1,8-9,11-12,15-16H2,2-5H3,(H,27,33)(H,26,28,29). The molecule has 35 heavy (non-hydrogen) atoms. The number of methoxy groups -OCH3 is 1. The average Bonchev–Trinajstić information content (AvgIpc) is 2.83. The maximum absolute atomic E-state index is 12.2.